The Bertz CT molecular complexity index is 533. The van der Waals surface area contributed by atoms with Crippen LogP contribution in [0.25, 0.3) is 0 Å². The second-order valence-electron chi connectivity index (χ2n) is 8.98. The third-order valence-electron chi connectivity index (χ3n) is 7.42. The molecule has 5 nitrogen and oxygen atoms in total. The van der Waals surface area contributed by atoms with Gasteiger partial charge in [-0.05, 0) is 76.9 Å². The van der Waals surface area contributed by atoms with Gasteiger partial charge in [0.05, 0.1) is 12.6 Å². The molecule has 0 N–H and O–H groups in total. The van der Waals surface area contributed by atoms with Crippen molar-refractivity contribution in [3.63, 3.8) is 0 Å². The lowest BCUT2D eigenvalue weighted by Gasteiger charge is -2.52. The summed E-state index contributed by atoms with van der Waals surface area (Å²) in [7, 11) is 0. The van der Waals surface area contributed by atoms with E-state index in [9.17, 15) is 13.6 Å². The van der Waals surface area contributed by atoms with Crippen LogP contribution in [0.5, 0.6) is 0 Å². The Labute approximate surface area is 161 Å². The Kier molecular flexibility index (Phi) is 5.61. The van der Waals surface area contributed by atoms with Crippen molar-refractivity contribution < 1.29 is 18.3 Å². The molecule has 1 amide bonds. The fourth-order valence-electron chi connectivity index (χ4n) is 5.96. The molecule has 4 fully saturated rings. The molecular formula is C20H33F2N3O2. The Hall–Kier alpha value is -0.950. The lowest BCUT2D eigenvalue weighted by Crippen LogP contribution is -2.56. The predicted molar refractivity (Wildman–Crippen MR) is 99.0 cm³/mol. The molecule has 0 aromatic carbocycles. The summed E-state index contributed by atoms with van der Waals surface area (Å²) in [6.07, 6.45) is 4.64. The molecule has 4 rings (SSSR count). The van der Waals surface area contributed by atoms with Crippen molar-refractivity contribution in [2.75, 3.05) is 39.3 Å². The number of hydrogen-bond donors (Lipinski definition) is 0. The first-order valence-electron chi connectivity index (χ1n) is 10.7. The first-order valence-corrected chi connectivity index (χ1v) is 10.7. The number of hydrogen-bond acceptors (Lipinski definition) is 4. The van der Waals surface area contributed by atoms with Gasteiger partial charge in [0, 0.05) is 25.2 Å². The number of amides is 1. The first-order chi connectivity index (χ1) is 13.0. The number of alkyl halides is 2. The molecule has 3 saturated heterocycles. The standard InChI is InChI=1S/C20H33F2N3O2/c1-2-27-19(26)24-11-7-20(14-24)12-16(13-20)23-9-5-15(6-10-23)25-8-3-4-17(25)18(21)22/h15-18H,2-14H2,1H3. The van der Waals surface area contributed by atoms with Crippen LogP contribution in [0.2, 0.25) is 0 Å². The highest BCUT2D eigenvalue weighted by Gasteiger charge is 2.51. The van der Waals surface area contributed by atoms with E-state index in [-0.39, 0.29) is 6.09 Å². The van der Waals surface area contributed by atoms with E-state index < -0.39 is 12.5 Å². The molecule has 1 atom stereocenters. The van der Waals surface area contributed by atoms with Gasteiger partial charge in [0.15, 0.2) is 0 Å². The van der Waals surface area contributed by atoms with Gasteiger partial charge in [-0.2, -0.15) is 0 Å². The van der Waals surface area contributed by atoms with Crippen LogP contribution in [0, 0.1) is 5.41 Å². The zero-order valence-corrected chi connectivity index (χ0v) is 16.4. The normalized spacial score (nSPS) is 35.9. The highest BCUT2D eigenvalue weighted by Crippen LogP contribution is 2.50. The molecule has 0 radical (unpaired) electrons. The van der Waals surface area contributed by atoms with Gasteiger partial charge in [-0.3, -0.25) is 4.90 Å². The molecule has 1 unspecified atom stereocenters. The number of nitrogens with zero attached hydrogens (tertiary/aromatic N) is 3. The van der Waals surface area contributed by atoms with E-state index in [0.717, 1.165) is 71.2 Å². The van der Waals surface area contributed by atoms with Crippen LogP contribution in [0.1, 0.15) is 51.9 Å². The van der Waals surface area contributed by atoms with Crippen molar-refractivity contribution in [3.8, 4) is 0 Å². The molecule has 1 aliphatic carbocycles. The molecule has 3 heterocycles. The van der Waals surface area contributed by atoms with E-state index in [1.807, 2.05) is 11.8 Å². The average Bonchev–Trinajstić information content (AvgIpc) is 3.28. The van der Waals surface area contributed by atoms with Gasteiger partial charge in [0.25, 0.3) is 6.43 Å². The Balaban J connectivity index is 1.22. The Morgan fingerprint density at radius 1 is 1.11 bits per heavy atom. The largest absolute Gasteiger partial charge is 0.450 e. The molecule has 0 aromatic rings. The van der Waals surface area contributed by atoms with Crippen molar-refractivity contribution >= 4 is 6.09 Å². The number of halogens is 2. The maximum absolute atomic E-state index is 13.2. The van der Waals surface area contributed by atoms with Crippen molar-refractivity contribution in [1.82, 2.24) is 14.7 Å². The monoisotopic (exact) mass is 385 g/mol. The van der Waals surface area contributed by atoms with E-state index in [0.29, 0.717) is 30.5 Å². The summed E-state index contributed by atoms with van der Waals surface area (Å²) in [6, 6.07) is 0.431. The van der Waals surface area contributed by atoms with E-state index in [1.165, 1.54) is 0 Å². The maximum atomic E-state index is 13.2. The van der Waals surface area contributed by atoms with Crippen LogP contribution >= 0.6 is 0 Å². The van der Waals surface area contributed by atoms with Crippen LogP contribution in [0.15, 0.2) is 0 Å². The van der Waals surface area contributed by atoms with Crippen LogP contribution in [0.4, 0.5) is 13.6 Å². The van der Waals surface area contributed by atoms with Crippen LogP contribution in [0.3, 0.4) is 0 Å². The third-order valence-corrected chi connectivity index (χ3v) is 7.42. The molecule has 0 aromatic heterocycles. The fraction of sp³-hybridized carbons (Fsp3) is 0.950. The Morgan fingerprint density at radius 3 is 2.52 bits per heavy atom. The van der Waals surface area contributed by atoms with Gasteiger partial charge in [-0.15, -0.1) is 0 Å². The zero-order chi connectivity index (χ0) is 19.0. The minimum atomic E-state index is -2.21. The molecular weight excluding hydrogens is 352 g/mol. The molecule has 3 aliphatic heterocycles. The highest BCUT2D eigenvalue weighted by molar-refractivity contribution is 5.68. The smallest absolute Gasteiger partial charge is 0.409 e. The van der Waals surface area contributed by atoms with Gasteiger partial charge in [-0.1, -0.05) is 0 Å². The number of ether oxygens (including phenoxy) is 1. The summed E-state index contributed by atoms with van der Waals surface area (Å²) in [5.41, 5.74) is 0.296. The van der Waals surface area contributed by atoms with Crippen LogP contribution in [-0.4, -0.2) is 84.7 Å². The number of carbonyl (C=O) groups is 1. The van der Waals surface area contributed by atoms with Crippen molar-refractivity contribution in [2.45, 2.75) is 76.4 Å². The summed E-state index contributed by atoms with van der Waals surface area (Å²) in [6.45, 7) is 6.83. The van der Waals surface area contributed by atoms with Crippen molar-refractivity contribution in [2.24, 2.45) is 5.41 Å². The molecule has 7 heteroatoms. The molecule has 4 aliphatic rings. The van der Waals surface area contributed by atoms with E-state index in [1.54, 1.807) is 0 Å². The van der Waals surface area contributed by atoms with Crippen LogP contribution < -0.4 is 0 Å². The quantitative estimate of drug-likeness (QED) is 0.745. The number of likely N-dealkylation sites (tertiary alicyclic amines) is 3. The maximum Gasteiger partial charge on any atom is 0.409 e. The number of carbonyl (C=O) groups excluding carboxylic acids is 1. The van der Waals surface area contributed by atoms with Gasteiger partial charge in [0.2, 0.25) is 0 Å². The molecule has 1 saturated carbocycles. The minimum Gasteiger partial charge on any atom is -0.450 e. The van der Waals surface area contributed by atoms with E-state index >= 15 is 0 Å². The van der Waals surface area contributed by atoms with E-state index in [4.69, 9.17) is 4.74 Å². The summed E-state index contributed by atoms with van der Waals surface area (Å²) in [5, 5.41) is 0. The predicted octanol–water partition coefficient (Wildman–Crippen LogP) is 3.19. The lowest BCUT2D eigenvalue weighted by atomic mass is 9.64. The summed E-state index contributed by atoms with van der Waals surface area (Å²) in [4.78, 5) is 18.5. The SMILES string of the molecule is CCOC(=O)N1CCC2(CC(N3CCC(N4CCCC4C(F)F)CC3)C2)C1. The fourth-order valence-corrected chi connectivity index (χ4v) is 5.96. The molecule has 154 valence electrons. The molecule has 27 heavy (non-hydrogen) atoms. The average molecular weight is 385 g/mol. The highest BCUT2D eigenvalue weighted by atomic mass is 19.3. The van der Waals surface area contributed by atoms with Crippen molar-refractivity contribution in [1.29, 1.82) is 0 Å². The summed E-state index contributed by atoms with van der Waals surface area (Å²) >= 11 is 0. The lowest BCUT2D eigenvalue weighted by molar-refractivity contribution is -0.0296. The zero-order valence-electron chi connectivity index (χ0n) is 16.4. The summed E-state index contributed by atoms with van der Waals surface area (Å²) < 4.78 is 31.6. The van der Waals surface area contributed by atoms with Gasteiger partial charge < -0.3 is 14.5 Å². The molecule has 0 bridgehead atoms. The minimum absolute atomic E-state index is 0.169. The van der Waals surface area contributed by atoms with E-state index in [2.05, 4.69) is 9.80 Å². The molecule has 1 spiro atoms. The third kappa shape index (κ3) is 3.82. The van der Waals surface area contributed by atoms with Crippen LogP contribution in [-0.2, 0) is 4.74 Å². The van der Waals surface area contributed by atoms with Gasteiger partial charge in [-0.25, -0.2) is 13.6 Å². The topological polar surface area (TPSA) is 36.0 Å². The summed E-state index contributed by atoms with van der Waals surface area (Å²) in [5.74, 6) is 0. The number of piperidine rings is 1. The van der Waals surface area contributed by atoms with Gasteiger partial charge >= 0.3 is 6.09 Å². The number of rotatable bonds is 4. The second kappa shape index (κ2) is 7.82. The second-order valence-corrected chi connectivity index (χ2v) is 8.98. The van der Waals surface area contributed by atoms with Gasteiger partial charge in [0.1, 0.15) is 0 Å². The first kappa shape index (κ1) is 19.4. The Morgan fingerprint density at radius 2 is 1.85 bits per heavy atom. The van der Waals surface area contributed by atoms with Crippen molar-refractivity contribution in [3.05, 3.63) is 0 Å².